The molecule has 1 atom stereocenters. The van der Waals surface area contributed by atoms with Crippen molar-refractivity contribution in [3.05, 3.63) is 87.8 Å². The second-order valence-corrected chi connectivity index (χ2v) is 6.17. The van der Waals surface area contributed by atoms with Crippen LogP contribution in [-0.4, -0.2) is 27.6 Å². The second kappa shape index (κ2) is 8.27. The van der Waals surface area contributed by atoms with E-state index in [4.69, 9.17) is 0 Å². The van der Waals surface area contributed by atoms with Gasteiger partial charge in [-0.2, -0.15) is 13.2 Å². The Morgan fingerprint density at radius 2 is 1.76 bits per heavy atom. The number of amides is 1. The minimum absolute atomic E-state index is 0.182. The van der Waals surface area contributed by atoms with Gasteiger partial charge in [0, 0.05) is 11.6 Å². The Morgan fingerprint density at radius 1 is 1.10 bits per heavy atom. The molecule has 1 amide bonds. The van der Waals surface area contributed by atoms with Crippen LogP contribution in [0.1, 0.15) is 27.7 Å². The lowest BCUT2D eigenvalue weighted by Crippen LogP contribution is -2.32. The summed E-state index contributed by atoms with van der Waals surface area (Å²) in [5, 5.41) is 12.0. The molecule has 0 aliphatic rings. The highest BCUT2D eigenvalue weighted by atomic mass is 19.4. The first kappa shape index (κ1) is 20.3. The zero-order valence-electron chi connectivity index (χ0n) is 14.9. The van der Waals surface area contributed by atoms with Gasteiger partial charge in [0.05, 0.1) is 18.2 Å². The average Bonchev–Trinajstić information content (AvgIpc) is 2.71. The smallest absolute Gasteiger partial charge is 0.394 e. The van der Waals surface area contributed by atoms with Gasteiger partial charge in [0.1, 0.15) is 11.5 Å². The van der Waals surface area contributed by atoms with Crippen LogP contribution in [0.3, 0.4) is 0 Å². The highest BCUT2D eigenvalue weighted by Crippen LogP contribution is 2.30. The van der Waals surface area contributed by atoms with E-state index >= 15 is 0 Å². The van der Waals surface area contributed by atoms with Gasteiger partial charge in [-0.1, -0.05) is 42.5 Å². The SMILES string of the molecule is O=C(NC(CO)c1ccc(C(F)(F)F)cc1)c1cc(=O)[nH]c(-c2ccccc2)n1. The van der Waals surface area contributed by atoms with E-state index in [0.29, 0.717) is 5.56 Å². The number of aromatic nitrogens is 2. The molecule has 2 aromatic carbocycles. The van der Waals surface area contributed by atoms with Crippen LogP contribution in [0.15, 0.2) is 65.5 Å². The highest BCUT2D eigenvalue weighted by Gasteiger charge is 2.30. The molecule has 0 aliphatic heterocycles. The number of nitrogens with one attached hydrogen (secondary N) is 2. The van der Waals surface area contributed by atoms with E-state index in [2.05, 4.69) is 15.3 Å². The van der Waals surface area contributed by atoms with Crippen molar-refractivity contribution in [2.24, 2.45) is 0 Å². The van der Waals surface area contributed by atoms with Crippen molar-refractivity contribution < 1.29 is 23.1 Å². The predicted octanol–water partition coefficient (Wildman–Crippen LogP) is 2.92. The third kappa shape index (κ3) is 4.88. The molecule has 0 aliphatic carbocycles. The number of carbonyl (C=O) groups excluding carboxylic acids is 1. The maximum atomic E-state index is 12.7. The summed E-state index contributed by atoms with van der Waals surface area (Å²) in [6.07, 6.45) is -4.49. The molecule has 1 heterocycles. The van der Waals surface area contributed by atoms with Crippen LogP contribution in [0.2, 0.25) is 0 Å². The van der Waals surface area contributed by atoms with Gasteiger partial charge in [-0.05, 0) is 17.7 Å². The number of carbonyl (C=O) groups is 1. The Bertz CT molecular complexity index is 1050. The molecule has 29 heavy (non-hydrogen) atoms. The van der Waals surface area contributed by atoms with E-state index in [1.807, 2.05) is 0 Å². The number of H-pyrrole nitrogens is 1. The highest BCUT2D eigenvalue weighted by molar-refractivity contribution is 5.92. The molecular formula is C20H16F3N3O3. The number of alkyl halides is 3. The number of halogens is 3. The Kier molecular flexibility index (Phi) is 5.79. The first-order valence-corrected chi connectivity index (χ1v) is 8.53. The lowest BCUT2D eigenvalue weighted by Gasteiger charge is -2.17. The van der Waals surface area contributed by atoms with E-state index < -0.39 is 35.9 Å². The molecule has 3 N–H and O–H groups in total. The van der Waals surface area contributed by atoms with Gasteiger partial charge < -0.3 is 15.4 Å². The molecule has 3 aromatic rings. The normalized spacial score (nSPS) is 12.4. The molecule has 0 bridgehead atoms. The number of benzene rings is 2. The van der Waals surface area contributed by atoms with Crippen molar-refractivity contribution >= 4 is 5.91 Å². The third-order valence-corrected chi connectivity index (χ3v) is 4.15. The van der Waals surface area contributed by atoms with Crippen molar-refractivity contribution in [1.29, 1.82) is 0 Å². The lowest BCUT2D eigenvalue weighted by atomic mass is 10.0. The number of rotatable bonds is 5. The topological polar surface area (TPSA) is 95.1 Å². The summed E-state index contributed by atoms with van der Waals surface area (Å²) in [5.41, 5.74) is -0.687. The molecule has 0 spiro atoms. The van der Waals surface area contributed by atoms with E-state index in [9.17, 15) is 27.9 Å². The summed E-state index contributed by atoms with van der Waals surface area (Å²) in [4.78, 5) is 31.1. The van der Waals surface area contributed by atoms with Crippen molar-refractivity contribution in [2.45, 2.75) is 12.2 Å². The first-order chi connectivity index (χ1) is 13.8. The number of aromatic amines is 1. The van der Waals surface area contributed by atoms with Gasteiger partial charge in [-0.3, -0.25) is 9.59 Å². The zero-order chi connectivity index (χ0) is 21.0. The van der Waals surface area contributed by atoms with Crippen LogP contribution in [0.4, 0.5) is 13.2 Å². The standard InChI is InChI=1S/C20H16F3N3O3/c21-20(22,23)14-8-6-12(7-9-14)16(11-27)25-19(29)15-10-17(28)26-18(24-15)13-4-2-1-3-5-13/h1-10,16,27H,11H2,(H,25,29)(H,24,26,28). The molecule has 0 radical (unpaired) electrons. The third-order valence-electron chi connectivity index (χ3n) is 4.15. The molecule has 1 aromatic heterocycles. The van der Waals surface area contributed by atoms with Crippen LogP contribution < -0.4 is 10.9 Å². The van der Waals surface area contributed by atoms with Crippen LogP contribution >= 0.6 is 0 Å². The van der Waals surface area contributed by atoms with E-state index in [0.717, 1.165) is 18.2 Å². The average molecular weight is 403 g/mol. The molecule has 1 unspecified atom stereocenters. The molecule has 150 valence electrons. The number of hydrogen-bond acceptors (Lipinski definition) is 4. The fraction of sp³-hybridized carbons (Fsp3) is 0.150. The van der Waals surface area contributed by atoms with E-state index in [-0.39, 0.29) is 17.1 Å². The Hall–Kier alpha value is -3.46. The maximum absolute atomic E-state index is 12.7. The van der Waals surface area contributed by atoms with Gasteiger partial charge >= 0.3 is 6.18 Å². The summed E-state index contributed by atoms with van der Waals surface area (Å²) in [6, 6.07) is 12.8. The van der Waals surface area contributed by atoms with Gasteiger partial charge in [-0.25, -0.2) is 4.98 Å². The molecule has 3 rings (SSSR count). The number of nitrogens with zero attached hydrogens (tertiary/aromatic N) is 1. The maximum Gasteiger partial charge on any atom is 0.416 e. The van der Waals surface area contributed by atoms with Crippen LogP contribution in [0.5, 0.6) is 0 Å². The Balaban J connectivity index is 1.83. The fourth-order valence-electron chi connectivity index (χ4n) is 2.68. The second-order valence-electron chi connectivity index (χ2n) is 6.17. The van der Waals surface area contributed by atoms with Crippen LogP contribution in [0.25, 0.3) is 11.4 Å². The van der Waals surface area contributed by atoms with E-state index in [1.165, 1.54) is 12.1 Å². The largest absolute Gasteiger partial charge is 0.416 e. The quantitative estimate of drug-likeness (QED) is 0.611. The van der Waals surface area contributed by atoms with E-state index in [1.54, 1.807) is 30.3 Å². The predicted molar refractivity (Wildman–Crippen MR) is 99.0 cm³/mol. The Morgan fingerprint density at radius 3 is 2.34 bits per heavy atom. The van der Waals surface area contributed by atoms with Gasteiger partial charge in [0.2, 0.25) is 0 Å². The summed E-state index contributed by atoms with van der Waals surface area (Å²) >= 11 is 0. The molecule has 0 saturated heterocycles. The number of aliphatic hydroxyl groups is 1. The fourth-order valence-corrected chi connectivity index (χ4v) is 2.68. The lowest BCUT2D eigenvalue weighted by molar-refractivity contribution is -0.137. The number of hydrogen-bond donors (Lipinski definition) is 3. The van der Waals surface area contributed by atoms with Crippen molar-refractivity contribution in [3.8, 4) is 11.4 Å². The van der Waals surface area contributed by atoms with Crippen molar-refractivity contribution in [1.82, 2.24) is 15.3 Å². The zero-order valence-corrected chi connectivity index (χ0v) is 14.9. The summed E-state index contributed by atoms with van der Waals surface area (Å²) in [6.45, 7) is -0.550. The molecule has 0 fully saturated rings. The minimum atomic E-state index is -4.49. The molecule has 0 saturated carbocycles. The van der Waals surface area contributed by atoms with Crippen molar-refractivity contribution in [3.63, 3.8) is 0 Å². The van der Waals surface area contributed by atoms with Crippen molar-refractivity contribution in [2.75, 3.05) is 6.61 Å². The van der Waals surface area contributed by atoms with Crippen LogP contribution in [0, 0.1) is 0 Å². The molecular weight excluding hydrogens is 387 g/mol. The Labute approximate surface area is 163 Å². The summed E-state index contributed by atoms with van der Waals surface area (Å²) in [5.74, 6) is -0.550. The van der Waals surface area contributed by atoms with Gasteiger partial charge in [0.25, 0.3) is 11.5 Å². The van der Waals surface area contributed by atoms with Crippen LogP contribution in [-0.2, 0) is 6.18 Å². The summed E-state index contributed by atoms with van der Waals surface area (Å²) in [7, 11) is 0. The van der Waals surface area contributed by atoms with Gasteiger partial charge in [0.15, 0.2) is 0 Å². The monoisotopic (exact) mass is 403 g/mol. The molecule has 9 heteroatoms. The summed E-state index contributed by atoms with van der Waals surface area (Å²) < 4.78 is 38.1. The minimum Gasteiger partial charge on any atom is -0.394 e. The first-order valence-electron chi connectivity index (χ1n) is 8.53. The number of aliphatic hydroxyl groups excluding tert-OH is 1. The van der Waals surface area contributed by atoms with Gasteiger partial charge in [-0.15, -0.1) is 0 Å². The molecule has 6 nitrogen and oxygen atoms in total.